The molecule has 3 saturated heterocycles. The molecule has 0 amide bonds. The number of ether oxygens (including phenoxy) is 5. The van der Waals surface area contributed by atoms with Crippen LogP contribution in [0, 0.1) is 0 Å². The Balaban J connectivity index is 1.52. The average molecular weight is 351 g/mol. The van der Waals surface area contributed by atoms with Crippen molar-refractivity contribution in [3.05, 3.63) is 35.9 Å². The zero-order valence-corrected chi connectivity index (χ0v) is 14.3. The lowest BCUT2D eigenvalue weighted by atomic mass is 9.94. The third kappa shape index (κ3) is 3.46. The average Bonchev–Trinajstić information content (AvgIpc) is 2.69. The first kappa shape index (κ1) is 17.4. The smallest absolute Gasteiger partial charge is 0.184 e. The van der Waals surface area contributed by atoms with Gasteiger partial charge in [-0.3, -0.25) is 4.90 Å². The molecule has 1 aromatic rings. The summed E-state index contributed by atoms with van der Waals surface area (Å²) in [4.78, 5) is 2.16. The van der Waals surface area contributed by atoms with Crippen LogP contribution in [-0.2, 0) is 23.7 Å². The van der Waals surface area contributed by atoms with Crippen LogP contribution in [0.2, 0.25) is 0 Å². The summed E-state index contributed by atoms with van der Waals surface area (Å²) in [6.07, 6.45) is -2.55. The van der Waals surface area contributed by atoms with Crippen molar-refractivity contribution in [1.29, 1.82) is 0 Å². The Labute approximate surface area is 147 Å². The molecule has 6 atom stereocenters. The number of hydrogen-bond donors (Lipinski definition) is 1. The van der Waals surface area contributed by atoms with Crippen molar-refractivity contribution < 1.29 is 28.8 Å². The SMILES string of the molecule is CO[C@H]1O[C@@H]2COC(c3ccccc3)O[C@H]2[C@@H](O)[C@H]1N1CCOCC1. The van der Waals surface area contributed by atoms with Gasteiger partial charge < -0.3 is 28.8 Å². The lowest BCUT2D eigenvalue weighted by Crippen LogP contribution is -2.67. The Morgan fingerprint density at radius 1 is 1.12 bits per heavy atom. The van der Waals surface area contributed by atoms with Crippen molar-refractivity contribution in [2.45, 2.75) is 36.9 Å². The molecule has 3 aliphatic rings. The Morgan fingerprint density at radius 3 is 2.60 bits per heavy atom. The molecule has 3 heterocycles. The zero-order valence-electron chi connectivity index (χ0n) is 14.3. The van der Waals surface area contributed by atoms with Crippen molar-refractivity contribution in [2.75, 3.05) is 40.0 Å². The van der Waals surface area contributed by atoms with Gasteiger partial charge >= 0.3 is 0 Å². The number of fused-ring (bicyclic) bond motifs is 1. The van der Waals surface area contributed by atoms with Crippen molar-refractivity contribution in [3.8, 4) is 0 Å². The summed E-state index contributed by atoms with van der Waals surface area (Å²) >= 11 is 0. The largest absolute Gasteiger partial charge is 0.388 e. The Morgan fingerprint density at radius 2 is 1.88 bits per heavy atom. The predicted molar refractivity (Wildman–Crippen MR) is 87.9 cm³/mol. The second kappa shape index (κ2) is 7.67. The fraction of sp³-hybridized carbons (Fsp3) is 0.667. The van der Waals surface area contributed by atoms with Gasteiger partial charge in [0.1, 0.15) is 18.3 Å². The number of rotatable bonds is 3. The van der Waals surface area contributed by atoms with Crippen LogP contribution in [0.25, 0.3) is 0 Å². The maximum Gasteiger partial charge on any atom is 0.184 e. The minimum absolute atomic E-state index is 0.287. The highest BCUT2D eigenvalue weighted by Crippen LogP contribution is 2.35. The molecule has 3 fully saturated rings. The fourth-order valence-corrected chi connectivity index (χ4v) is 3.82. The Bertz CT molecular complexity index is 552. The maximum absolute atomic E-state index is 11.1. The molecule has 0 bridgehead atoms. The first-order chi connectivity index (χ1) is 12.3. The molecule has 7 nitrogen and oxygen atoms in total. The molecule has 1 unspecified atom stereocenters. The van der Waals surface area contributed by atoms with Crippen molar-refractivity contribution in [1.82, 2.24) is 4.90 Å². The van der Waals surface area contributed by atoms with Gasteiger partial charge in [-0.15, -0.1) is 0 Å². The summed E-state index contributed by atoms with van der Waals surface area (Å²) in [5.74, 6) is 0. The zero-order chi connectivity index (χ0) is 17.2. The molecular weight excluding hydrogens is 326 g/mol. The summed E-state index contributed by atoms with van der Waals surface area (Å²) in [6, 6.07) is 9.46. The monoisotopic (exact) mass is 351 g/mol. The molecule has 3 aliphatic heterocycles. The topological polar surface area (TPSA) is 69.6 Å². The second-order valence-electron chi connectivity index (χ2n) is 6.58. The van der Waals surface area contributed by atoms with Crippen LogP contribution >= 0.6 is 0 Å². The molecule has 1 N–H and O–H groups in total. The van der Waals surface area contributed by atoms with Crippen LogP contribution in [-0.4, -0.2) is 80.7 Å². The quantitative estimate of drug-likeness (QED) is 0.852. The summed E-state index contributed by atoms with van der Waals surface area (Å²) in [7, 11) is 1.60. The molecule has 7 heteroatoms. The van der Waals surface area contributed by atoms with E-state index in [0.29, 0.717) is 19.8 Å². The summed E-state index contributed by atoms with van der Waals surface area (Å²) in [5, 5.41) is 11.1. The van der Waals surface area contributed by atoms with Gasteiger partial charge in [0.05, 0.1) is 25.9 Å². The molecule has 0 spiro atoms. The van der Waals surface area contributed by atoms with Crippen LogP contribution in [0.5, 0.6) is 0 Å². The summed E-state index contributed by atoms with van der Waals surface area (Å²) in [6.45, 7) is 3.12. The van der Waals surface area contributed by atoms with Crippen molar-refractivity contribution >= 4 is 0 Å². The minimum Gasteiger partial charge on any atom is -0.388 e. The molecular formula is C18H25NO6. The first-order valence-electron chi connectivity index (χ1n) is 8.78. The number of aliphatic hydroxyl groups is 1. The van der Waals surface area contributed by atoms with Gasteiger partial charge in [0.2, 0.25) is 0 Å². The van der Waals surface area contributed by atoms with E-state index >= 15 is 0 Å². The van der Waals surface area contributed by atoms with E-state index in [1.54, 1.807) is 7.11 Å². The molecule has 0 aliphatic carbocycles. The minimum atomic E-state index is -0.725. The van der Waals surface area contributed by atoms with Crippen molar-refractivity contribution in [3.63, 3.8) is 0 Å². The van der Waals surface area contributed by atoms with Gasteiger partial charge in [0.25, 0.3) is 0 Å². The Kier molecular flexibility index (Phi) is 5.33. The molecule has 0 saturated carbocycles. The van der Waals surface area contributed by atoms with Gasteiger partial charge in [-0.2, -0.15) is 0 Å². The van der Waals surface area contributed by atoms with Gasteiger partial charge in [-0.25, -0.2) is 0 Å². The number of benzene rings is 1. The molecule has 138 valence electrons. The van der Waals surface area contributed by atoms with E-state index in [1.165, 1.54) is 0 Å². The number of hydrogen-bond acceptors (Lipinski definition) is 7. The highest BCUT2D eigenvalue weighted by Gasteiger charge is 2.51. The first-order valence-corrected chi connectivity index (χ1v) is 8.78. The van der Waals surface area contributed by atoms with E-state index in [2.05, 4.69) is 4.90 Å². The summed E-state index contributed by atoms with van der Waals surface area (Å²) in [5.41, 5.74) is 0.935. The van der Waals surface area contributed by atoms with Gasteiger partial charge in [0.15, 0.2) is 12.6 Å². The highest BCUT2D eigenvalue weighted by atomic mass is 16.7. The summed E-state index contributed by atoms with van der Waals surface area (Å²) < 4.78 is 28.9. The number of aliphatic hydroxyl groups excluding tert-OH is 1. The number of methoxy groups -OCH3 is 1. The van der Waals surface area contributed by atoms with E-state index in [1.807, 2.05) is 30.3 Å². The van der Waals surface area contributed by atoms with Gasteiger partial charge in [0, 0.05) is 25.8 Å². The van der Waals surface area contributed by atoms with E-state index < -0.39 is 24.8 Å². The molecule has 4 rings (SSSR count). The number of morpholine rings is 1. The van der Waals surface area contributed by atoms with Crippen molar-refractivity contribution in [2.24, 2.45) is 0 Å². The van der Waals surface area contributed by atoms with Crippen LogP contribution in [0.3, 0.4) is 0 Å². The van der Waals surface area contributed by atoms with E-state index in [4.69, 9.17) is 23.7 Å². The molecule has 0 radical (unpaired) electrons. The van der Waals surface area contributed by atoms with Crippen LogP contribution in [0.4, 0.5) is 0 Å². The normalized spacial score (nSPS) is 39.8. The third-order valence-electron chi connectivity index (χ3n) is 5.10. The van der Waals surface area contributed by atoms with Gasteiger partial charge in [-0.05, 0) is 0 Å². The van der Waals surface area contributed by atoms with Crippen LogP contribution < -0.4 is 0 Å². The predicted octanol–water partition coefficient (Wildman–Crippen LogP) is 0.534. The van der Waals surface area contributed by atoms with E-state index in [9.17, 15) is 5.11 Å². The molecule has 25 heavy (non-hydrogen) atoms. The van der Waals surface area contributed by atoms with E-state index in [0.717, 1.165) is 18.7 Å². The maximum atomic E-state index is 11.1. The highest BCUT2D eigenvalue weighted by molar-refractivity contribution is 5.16. The standard InChI is InChI=1S/C18H25NO6/c1-21-18-14(19-7-9-22-10-8-19)15(20)16-13(24-18)11-23-17(25-16)12-5-3-2-4-6-12/h2-6,13-18,20H,7-11H2,1H3/t13-,14-,15+,16-,17?,18+/m1/s1. The van der Waals surface area contributed by atoms with Crippen LogP contribution in [0.15, 0.2) is 30.3 Å². The third-order valence-corrected chi connectivity index (χ3v) is 5.10. The molecule has 1 aromatic carbocycles. The lowest BCUT2D eigenvalue weighted by Gasteiger charge is -2.50. The Hall–Kier alpha value is -1.06. The number of nitrogens with zero attached hydrogens (tertiary/aromatic N) is 1. The second-order valence-corrected chi connectivity index (χ2v) is 6.58. The fourth-order valence-electron chi connectivity index (χ4n) is 3.82. The molecule has 0 aromatic heterocycles. The van der Waals surface area contributed by atoms with Crippen LogP contribution in [0.1, 0.15) is 11.9 Å². The van der Waals surface area contributed by atoms with E-state index in [-0.39, 0.29) is 12.1 Å². The van der Waals surface area contributed by atoms with Gasteiger partial charge in [-0.1, -0.05) is 30.3 Å². The lowest BCUT2D eigenvalue weighted by molar-refractivity contribution is -0.351.